The minimum absolute atomic E-state index is 0.147. The zero-order valence-electron chi connectivity index (χ0n) is 13.5. The Morgan fingerprint density at radius 3 is 2.41 bits per heavy atom. The van der Waals surface area contributed by atoms with Crippen molar-refractivity contribution in [3.05, 3.63) is 52.9 Å². The first-order valence-electron chi connectivity index (χ1n) is 7.58. The molecule has 0 atom stereocenters. The molecule has 0 unspecified atom stereocenters. The summed E-state index contributed by atoms with van der Waals surface area (Å²) in [6.07, 6.45) is 0. The van der Waals surface area contributed by atoms with Crippen LogP contribution in [0.15, 0.2) is 47.3 Å². The maximum Gasteiger partial charge on any atom is 0.323 e. The van der Waals surface area contributed by atoms with Gasteiger partial charge >= 0.3 is 5.69 Å². The quantitative estimate of drug-likeness (QED) is 0.339. The summed E-state index contributed by atoms with van der Waals surface area (Å²) in [6, 6.07) is 11.5. The third-order valence-corrected chi connectivity index (χ3v) is 4.25. The molecule has 0 spiro atoms. The SMILES string of the molecule is NS(=O)(=O)Nc1nnc(-c2cc3[nH]c(=O)[nH]c3cc2O)n1-c1ccccc1. The molecule has 6 N–H and O–H groups in total. The molecule has 0 radical (unpaired) electrons. The summed E-state index contributed by atoms with van der Waals surface area (Å²) in [5.41, 5.74) is 1.19. The van der Waals surface area contributed by atoms with Gasteiger partial charge in [-0.1, -0.05) is 18.2 Å². The third kappa shape index (κ3) is 3.14. The number of aromatic nitrogens is 5. The van der Waals surface area contributed by atoms with Crippen molar-refractivity contribution in [1.29, 1.82) is 0 Å². The van der Waals surface area contributed by atoms with E-state index in [-0.39, 0.29) is 23.1 Å². The van der Waals surface area contributed by atoms with Crippen LogP contribution in [0.1, 0.15) is 0 Å². The molecule has 27 heavy (non-hydrogen) atoms. The van der Waals surface area contributed by atoms with E-state index in [4.69, 9.17) is 5.14 Å². The van der Waals surface area contributed by atoms with Crippen molar-refractivity contribution < 1.29 is 13.5 Å². The van der Waals surface area contributed by atoms with Gasteiger partial charge in [-0.15, -0.1) is 10.2 Å². The molecule has 2 aromatic heterocycles. The Hall–Kier alpha value is -3.64. The third-order valence-electron chi connectivity index (χ3n) is 3.78. The molecule has 4 aromatic rings. The van der Waals surface area contributed by atoms with E-state index in [0.717, 1.165) is 0 Å². The molecular formula is C15H13N7O4S. The highest BCUT2D eigenvalue weighted by atomic mass is 32.2. The molecule has 0 saturated heterocycles. The Labute approximate surface area is 151 Å². The number of nitrogens with one attached hydrogen (secondary N) is 3. The fourth-order valence-electron chi connectivity index (χ4n) is 2.72. The highest BCUT2D eigenvalue weighted by Gasteiger charge is 2.21. The van der Waals surface area contributed by atoms with Gasteiger partial charge in [-0.2, -0.15) is 8.42 Å². The summed E-state index contributed by atoms with van der Waals surface area (Å²) >= 11 is 0. The minimum atomic E-state index is -4.11. The summed E-state index contributed by atoms with van der Waals surface area (Å²) < 4.78 is 26.4. The molecule has 0 aliphatic rings. The minimum Gasteiger partial charge on any atom is -0.507 e. The lowest BCUT2D eigenvalue weighted by Crippen LogP contribution is -2.23. The molecule has 0 aliphatic carbocycles. The lowest BCUT2D eigenvalue weighted by atomic mass is 10.1. The van der Waals surface area contributed by atoms with Gasteiger partial charge in [-0.25, -0.2) is 14.7 Å². The average Bonchev–Trinajstić information content (AvgIpc) is 3.15. The Bertz CT molecular complexity index is 1310. The Balaban J connectivity index is 1.98. The number of anilines is 1. The van der Waals surface area contributed by atoms with Crippen molar-refractivity contribution in [1.82, 2.24) is 24.7 Å². The number of para-hydroxylation sites is 1. The van der Waals surface area contributed by atoms with Gasteiger partial charge in [0.05, 0.1) is 22.3 Å². The summed E-state index contributed by atoms with van der Waals surface area (Å²) in [6.45, 7) is 0. The Morgan fingerprint density at radius 1 is 1.07 bits per heavy atom. The zero-order chi connectivity index (χ0) is 19.2. The van der Waals surface area contributed by atoms with Crippen LogP contribution in [0.4, 0.5) is 5.95 Å². The number of H-pyrrole nitrogens is 2. The van der Waals surface area contributed by atoms with E-state index in [1.54, 1.807) is 30.3 Å². The first kappa shape index (κ1) is 16.8. The van der Waals surface area contributed by atoms with E-state index >= 15 is 0 Å². The van der Waals surface area contributed by atoms with Crippen LogP contribution in [0.3, 0.4) is 0 Å². The van der Waals surface area contributed by atoms with Gasteiger partial charge in [0.2, 0.25) is 5.95 Å². The number of imidazole rings is 1. The Morgan fingerprint density at radius 2 is 1.74 bits per heavy atom. The number of aromatic amines is 2. The van der Waals surface area contributed by atoms with E-state index in [9.17, 15) is 18.3 Å². The summed E-state index contributed by atoms with van der Waals surface area (Å²) in [5.74, 6) is -0.181. The van der Waals surface area contributed by atoms with Crippen LogP contribution in [-0.4, -0.2) is 38.3 Å². The molecule has 4 rings (SSSR count). The number of nitrogens with zero attached hydrogens (tertiary/aromatic N) is 3. The van der Waals surface area contributed by atoms with Crippen LogP contribution in [0.25, 0.3) is 28.1 Å². The fourth-order valence-corrected chi connectivity index (χ4v) is 3.11. The second kappa shape index (κ2) is 5.96. The van der Waals surface area contributed by atoms with Gasteiger partial charge in [-0.05, 0) is 18.2 Å². The molecule has 0 amide bonds. The monoisotopic (exact) mass is 387 g/mol. The van der Waals surface area contributed by atoms with E-state index < -0.39 is 15.9 Å². The van der Waals surface area contributed by atoms with Crippen LogP contribution in [0.2, 0.25) is 0 Å². The van der Waals surface area contributed by atoms with E-state index in [1.165, 1.54) is 16.7 Å². The van der Waals surface area contributed by atoms with Gasteiger partial charge in [0, 0.05) is 6.07 Å². The molecule has 0 bridgehead atoms. The number of nitrogens with two attached hydrogens (primary N) is 1. The average molecular weight is 387 g/mol. The van der Waals surface area contributed by atoms with Gasteiger partial charge in [-0.3, -0.25) is 4.57 Å². The number of phenolic OH excluding ortho intramolecular Hbond substituents is 1. The molecule has 0 fully saturated rings. The Kier molecular flexibility index (Phi) is 3.71. The molecule has 2 heterocycles. The van der Waals surface area contributed by atoms with Gasteiger partial charge < -0.3 is 15.1 Å². The number of aromatic hydroxyl groups is 1. The van der Waals surface area contributed by atoms with Crippen molar-refractivity contribution >= 4 is 27.2 Å². The molecular weight excluding hydrogens is 374 g/mol. The van der Waals surface area contributed by atoms with Gasteiger partial charge in [0.15, 0.2) is 5.82 Å². The largest absolute Gasteiger partial charge is 0.507 e. The molecule has 2 aromatic carbocycles. The number of hydrogen-bond donors (Lipinski definition) is 5. The van der Waals surface area contributed by atoms with Crippen LogP contribution in [0.5, 0.6) is 5.75 Å². The van der Waals surface area contributed by atoms with E-state index in [2.05, 4.69) is 24.9 Å². The summed E-state index contributed by atoms with van der Waals surface area (Å²) in [7, 11) is -4.11. The molecule has 0 saturated carbocycles. The summed E-state index contributed by atoms with van der Waals surface area (Å²) in [4.78, 5) is 16.6. The highest BCUT2D eigenvalue weighted by Crippen LogP contribution is 2.33. The van der Waals surface area contributed by atoms with Crippen molar-refractivity contribution in [3.63, 3.8) is 0 Å². The number of phenols is 1. The van der Waals surface area contributed by atoms with Crippen LogP contribution < -0.4 is 15.6 Å². The number of rotatable bonds is 4. The lowest BCUT2D eigenvalue weighted by molar-refractivity contribution is 0.477. The van der Waals surface area contributed by atoms with E-state index in [0.29, 0.717) is 16.7 Å². The van der Waals surface area contributed by atoms with E-state index in [1.807, 2.05) is 0 Å². The second-order valence-corrected chi connectivity index (χ2v) is 6.95. The van der Waals surface area contributed by atoms with Gasteiger partial charge in [0.25, 0.3) is 10.2 Å². The zero-order valence-corrected chi connectivity index (χ0v) is 14.4. The number of benzene rings is 2. The first-order chi connectivity index (χ1) is 12.8. The molecule has 138 valence electrons. The van der Waals surface area contributed by atoms with Crippen molar-refractivity contribution in [2.75, 3.05) is 4.72 Å². The predicted octanol–water partition coefficient (Wildman–Crippen LogP) is 0.425. The maximum absolute atomic E-state index is 11.5. The maximum atomic E-state index is 11.5. The normalized spacial score (nSPS) is 11.7. The molecule has 11 nitrogen and oxygen atoms in total. The van der Waals surface area contributed by atoms with Crippen molar-refractivity contribution in [2.24, 2.45) is 5.14 Å². The topological polar surface area (TPSA) is 172 Å². The first-order valence-corrected chi connectivity index (χ1v) is 9.13. The molecule has 12 heteroatoms. The standard InChI is InChI=1S/C15H13N7O4S/c16-27(25,26)21-14-20-19-13(22(14)8-4-2-1-3-5-8)9-6-10-11(7-12(9)23)18-15(24)17-10/h1-7,23H,(H,20,21)(H2,16,25,26)(H2,17,18,24). The predicted molar refractivity (Wildman–Crippen MR) is 97.7 cm³/mol. The van der Waals surface area contributed by atoms with Crippen molar-refractivity contribution in [3.8, 4) is 22.8 Å². The summed E-state index contributed by atoms with van der Waals surface area (Å²) in [5, 5.41) is 23.3. The van der Waals surface area contributed by atoms with Crippen LogP contribution in [-0.2, 0) is 10.2 Å². The van der Waals surface area contributed by atoms with Crippen LogP contribution >= 0.6 is 0 Å². The smallest absolute Gasteiger partial charge is 0.323 e. The second-order valence-electron chi connectivity index (χ2n) is 5.66. The molecule has 0 aliphatic heterocycles. The number of hydrogen-bond acceptors (Lipinski definition) is 6. The lowest BCUT2D eigenvalue weighted by Gasteiger charge is -2.11. The van der Waals surface area contributed by atoms with Crippen molar-refractivity contribution in [2.45, 2.75) is 0 Å². The van der Waals surface area contributed by atoms with Gasteiger partial charge in [0.1, 0.15) is 5.75 Å². The number of fused-ring (bicyclic) bond motifs is 1. The van der Waals surface area contributed by atoms with Crippen LogP contribution in [0, 0.1) is 0 Å². The highest BCUT2D eigenvalue weighted by molar-refractivity contribution is 7.90. The fraction of sp³-hybridized carbons (Fsp3) is 0.